The first-order valence-corrected chi connectivity index (χ1v) is 7.42. The lowest BCUT2D eigenvalue weighted by atomic mass is 10.1. The van der Waals surface area contributed by atoms with Gasteiger partial charge in [0.15, 0.2) is 0 Å². The molecule has 0 amide bonds. The fourth-order valence-electron chi connectivity index (χ4n) is 2.46. The molecule has 0 aliphatic carbocycles. The first kappa shape index (κ1) is 16.6. The van der Waals surface area contributed by atoms with Crippen molar-refractivity contribution in [1.29, 1.82) is 0 Å². The Morgan fingerprint density at radius 1 is 0.909 bits per heavy atom. The SMILES string of the molecule is CCN(CCc1ccccc1)Cc1ccccc1C(F)(F)F. The van der Waals surface area contributed by atoms with Gasteiger partial charge in [0.2, 0.25) is 0 Å². The minimum absolute atomic E-state index is 0.318. The largest absolute Gasteiger partial charge is 0.416 e. The van der Waals surface area contributed by atoms with Gasteiger partial charge in [-0.05, 0) is 30.2 Å². The summed E-state index contributed by atoms with van der Waals surface area (Å²) in [5, 5.41) is 0. The fraction of sp³-hybridized carbons (Fsp3) is 0.333. The third-order valence-corrected chi connectivity index (χ3v) is 3.72. The third kappa shape index (κ3) is 4.60. The van der Waals surface area contributed by atoms with E-state index in [1.54, 1.807) is 12.1 Å². The molecule has 4 heteroatoms. The second-order valence-electron chi connectivity index (χ2n) is 5.26. The van der Waals surface area contributed by atoms with Gasteiger partial charge in [0.25, 0.3) is 0 Å². The molecular weight excluding hydrogens is 287 g/mol. The highest BCUT2D eigenvalue weighted by molar-refractivity contribution is 5.29. The molecule has 0 saturated heterocycles. The van der Waals surface area contributed by atoms with Gasteiger partial charge >= 0.3 is 6.18 Å². The fourth-order valence-corrected chi connectivity index (χ4v) is 2.46. The highest BCUT2D eigenvalue weighted by atomic mass is 19.4. The molecule has 0 radical (unpaired) electrons. The molecule has 0 atom stereocenters. The van der Waals surface area contributed by atoms with Crippen LogP contribution in [-0.2, 0) is 19.1 Å². The van der Waals surface area contributed by atoms with Crippen molar-refractivity contribution in [2.75, 3.05) is 13.1 Å². The monoisotopic (exact) mass is 307 g/mol. The Bertz CT molecular complexity index is 578. The summed E-state index contributed by atoms with van der Waals surface area (Å²) in [5.74, 6) is 0. The van der Waals surface area contributed by atoms with E-state index in [1.807, 2.05) is 42.2 Å². The van der Waals surface area contributed by atoms with E-state index in [-0.39, 0.29) is 0 Å². The number of nitrogens with zero attached hydrogens (tertiary/aromatic N) is 1. The molecule has 2 aromatic rings. The smallest absolute Gasteiger partial charge is 0.299 e. The lowest BCUT2D eigenvalue weighted by Crippen LogP contribution is -2.26. The predicted molar refractivity (Wildman–Crippen MR) is 82.5 cm³/mol. The number of hydrogen-bond acceptors (Lipinski definition) is 1. The number of likely N-dealkylation sites (N-methyl/N-ethyl adjacent to an activating group) is 1. The second-order valence-corrected chi connectivity index (χ2v) is 5.26. The van der Waals surface area contributed by atoms with E-state index < -0.39 is 11.7 Å². The van der Waals surface area contributed by atoms with Crippen LogP contribution in [-0.4, -0.2) is 18.0 Å². The maximum absolute atomic E-state index is 13.0. The van der Waals surface area contributed by atoms with Crippen molar-refractivity contribution in [3.8, 4) is 0 Å². The van der Waals surface area contributed by atoms with Gasteiger partial charge in [-0.2, -0.15) is 13.2 Å². The zero-order valence-electron chi connectivity index (χ0n) is 12.6. The summed E-state index contributed by atoms with van der Waals surface area (Å²) >= 11 is 0. The van der Waals surface area contributed by atoms with E-state index in [0.717, 1.165) is 25.6 Å². The molecule has 0 heterocycles. The quantitative estimate of drug-likeness (QED) is 0.743. The van der Waals surface area contributed by atoms with Gasteiger partial charge < -0.3 is 0 Å². The van der Waals surface area contributed by atoms with Crippen molar-refractivity contribution in [1.82, 2.24) is 4.90 Å². The summed E-state index contributed by atoms with van der Waals surface area (Å²) in [4.78, 5) is 2.04. The van der Waals surface area contributed by atoms with Crippen LogP contribution in [0.4, 0.5) is 13.2 Å². The Labute approximate surface area is 129 Å². The number of rotatable bonds is 6. The third-order valence-electron chi connectivity index (χ3n) is 3.72. The minimum atomic E-state index is -4.30. The van der Waals surface area contributed by atoms with E-state index in [0.29, 0.717) is 12.1 Å². The van der Waals surface area contributed by atoms with Crippen LogP contribution in [0.15, 0.2) is 54.6 Å². The highest BCUT2D eigenvalue weighted by Crippen LogP contribution is 2.32. The Balaban J connectivity index is 2.04. The molecule has 22 heavy (non-hydrogen) atoms. The normalized spacial score (nSPS) is 11.9. The second kappa shape index (κ2) is 7.45. The van der Waals surface area contributed by atoms with Crippen molar-refractivity contribution < 1.29 is 13.2 Å². The first-order chi connectivity index (χ1) is 10.5. The van der Waals surface area contributed by atoms with Gasteiger partial charge in [-0.3, -0.25) is 4.90 Å². The first-order valence-electron chi connectivity index (χ1n) is 7.42. The lowest BCUT2D eigenvalue weighted by Gasteiger charge is -2.22. The number of hydrogen-bond donors (Lipinski definition) is 0. The number of alkyl halides is 3. The molecule has 2 aromatic carbocycles. The van der Waals surface area contributed by atoms with Crippen LogP contribution in [0, 0.1) is 0 Å². The van der Waals surface area contributed by atoms with Gasteiger partial charge in [0, 0.05) is 13.1 Å². The molecule has 0 spiro atoms. The van der Waals surface area contributed by atoms with Crippen LogP contribution >= 0.6 is 0 Å². The maximum atomic E-state index is 13.0. The molecule has 0 aromatic heterocycles. The molecule has 0 saturated carbocycles. The van der Waals surface area contributed by atoms with Crippen LogP contribution in [0.5, 0.6) is 0 Å². The van der Waals surface area contributed by atoms with Gasteiger partial charge in [0.1, 0.15) is 0 Å². The molecule has 118 valence electrons. The van der Waals surface area contributed by atoms with Crippen molar-refractivity contribution >= 4 is 0 Å². The highest BCUT2D eigenvalue weighted by Gasteiger charge is 2.33. The summed E-state index contributed by atoms with van der Waals surface area (Å²) < 4.78 is 39.1. The van der Waals surface area contributed by atoms with Crippen molar-refractivity contribution in [2.45, 2.75) is 26.1 Å². The molecule has 2 rings (SSSR count). The van der Waals surface area contributed by atoms with Crippen molar-refractivity contribution in [2.24, 2.45) is 0 Å². The average Bonchev–Trinajstić information content (AvgIpc) is 2.52. The summed E-state index contributed by atoms with van der Waals surface area (Å²) in [7, 11) is 0. The Morgan fingerprint density at radius 3 is 2.18 bits per heavy atom. The Kier molecular flexibility index (Phi) is 5.61. The Hall–Kier alpha value is -1.81. The molecule has 0 unspecified atom stereocenters. The van der Waals surface area contributed by atoms with Crippen molar-refractivity contribution in [3.05, 3.63) is 71.3 Å². The van der Waals surface area contributed by atoms with Crippen LogP contribution < -0.4 is 0 Å². The maximum Gasteiger partial charge on any atom is 0.416 e. The molecule has 0 bridgehead atoms. The zero-order valence-corrected chi connectivity index (χ0v) is 12.6. The van der Waals surface area contributed by atoms with E-state index >= 15 is 0 Å². The van der Waals surface area contributed by atoms with E-state index in [4.69, 9.17) is 0 Å². The van der Waals surface area contributed by atoms with Crippen LogP contribution in [0.3, 0.4) is 0 Å². The molecule has 0 aliphatic rings. The van der Waals surface area contributed by atoms with Crippen LogP contribution in [0.25, 0.3) is 0 Å². The van der Waals surface area contributed by atoms with Crippen LogP contribution in [0.2, 0.25) is 0 Å². The Morgan fingerprint density at radius 2 is 1.55 bits per heavy atom. The predicted octanol–water partition coefficient (Wildman–Crippen LogP) is 4.77. The van der Waals surface area contributed by atoms with Gasteiger partial charge in [-0.25, -0.2) is 0 Å². The van der Waals surface area contributed by atoms with E-state index in [9.17, 15) is 13.2 Å². The van der Waals surface area contributed by atoms with E-state index in [1.165, 1.54) is 11.6 Å². The van der Waals surface area contributed by atoms with Gasteiger partial charge in [-0.15, -0.1) is 0 Å². The molecule has 1 nitrogen and oxygen atoms in total. The standard InChI is InChI=1S/C18H20F3N/c1-2-22(13-12-15-8-4-3-5-9-15)14-16-10-6-7-11-17(16)18(19,20)21/h3-11H,2,12-14H2,1H3. The molecule has 0 N–H and O–H groups in total. The van der Waals surface area contributed by atoms with Crippen LogP contribution in [0.1, 0.15) is 23.6 Å². The lowest BCUT2D eigenvalue weighted by molar-refractivity contribution is -0.138. The van der Waals surface area contributed by atoms with Crippen molar-refractivity contribution in [3.63, 3.8) is 0 Å². The topological polar surface area (TPSA) is 3.24 Å². The van der Waals surface area contributed by atoms with Gasteiger partial charge in [-0.1, -0.05) is 55.5 Å². The zero-order chi connectivity index (χ0) is 16.0. The molecule has 0 fully saturated rings. The summed E-state index contributed by atoms with van der Waals surface area (Å²) in [6, 6.07) is 15.8. The summed E-state index contributed by atoms with van der Waals surface area (Å²) in [6.07, 6.45) is -3.46. The summed E-state index contributed by atoms with van der Waals surface area (Å²) in [5.41, 5.74) is 1.00. The molecular formula is C18H20F3N. The molecule has 0 aliphatic heterocycles. The van der Waals surface area contributed by atoms with E-state index in [2.05, 4.69) is 0 Å². The average molecular weight is 307 g/mol. The number of benzene rings is 2. The summed E-state index contributed by atoms with van der Waals surface area (Å²) in [6.45, 7) is 3.76. The number of halogens is 3. The minimum Gasteiger partial charge on any atom is -0.299 e. The van der Waals surface area contributed by atoms with Gasteiger partial charge in [0.05, 0.1) is 5.56 Å².